The maximum absolute atomic E-state index is 5.51. The van der Waals surface area contributed by atoms with E-state index in [0.717, 1.165) is 12.3 Å². The molecule has 0 spiro atoms. The molecule has 0 fully saturated rings. The van der Waals surface area contributed by atoms with Crippen LogP contribution in [0.4, 0.5) is 0 Å². The molecule has 0 aromatic carbocycles. The van der Waals surface area contributed by atoms with Crippen molar-refractivity contribution in [2.75, 3.05) is 14.1 Å². The van der Waals surface area contributed by atoms with Gasteiger partial charge in [-0.15, -0.1) is 5.10 Å². The molecule has 0 saturated heterocycles. The van der Waals surface area contributed by atoms with Gasteiger partial charge in [0.1, 0.15) is 0 Å². The number of rotatable bonds is 5. The molecule has 0 amide bonds. The van der Waals surface area contributed by atoms with Crippen LogP contribution in [0.5, 0.6) is 0 Å². The molecule has 0 heterocycles. The van der Waals surface area contributed by atoms with E-state index in [1.807, 2.05) is 14.0 Å². The van der Waals surface area contributed by atoms with Gasteiger partial charge in [0.15, 0.2) is 5.84 Å². The Morgan fingerprint density at radius 1 is 1.60 bits per heavy atom. The summed E-state index contributed by atoms with van der Waals surface area (Å²) in [5.41, 5.74) is 1.22. The summed E-state index contributed by atoms with van der Waals surface area (Å²) in [6.45, 7) is 6.43. The lowest BCUT2D eigenvalue weighted by atomic mass is 9.95. The molecule has 0 saturated carbocycles. The first kappa shape index (κ1) is 14.0. The largest absolute Gasteiger partial charge is 0.371 e. The summed E-state index contributed by atoms with van der Waals surface area (Å²) in [7, 11) is 3.58. The van der Waals surface area contributed by atoms with E-state index in [1.165, 1.54) is 17.1 Å². The quantitative estimate of drug-likeness (QED) is 0.316. The first-order valence-electron chi connectivity index (χ1n) is 5.48. The van der Waals surface area contributed by atoms with Crippen molar-refractivity contribution < 1.29 is 0 Å². The van der Waals surface area contributed by atoms with Gasteiger partial charge in [-0.25, -0.2) is 11.0 Å². The molecule has 15 heavy (non-hydrogen) atoms. The van der Waals surface area contributed by atoms with Crippen molar-refractivity contribution in [3.8, 4) is 0 Å². The molecule has 0 rings (SSSR count). The predicted octanol–water partition coefficient (Wildman–Crippen LogP) is 1.71. The van der Waals surface area contributed by atoms with E-state index in [2.05, 4.69) is 30.3 Å². The number of allylic oxidation sites excluding steroid dienone is 1. The monoisotopic (exact) mass is 212 g/mol. The summed E-state index contributed by atoms with van der Waals surface area (Å²) in [6.07, 6.45) is 4.43. The Morgan fingerprint density at radius 3 is 2.53 bits per heavy atom. The van der Waals surface area contributed by atoms with Gasteiger partial charge in [-0.2, -0.15) is 0 Å². The topological polar surface area (TPSA) is 53.6 Å². The Balaban J connectivity index is 4.78. The molecule has 0 aliphatic rings. The van der Waals surface area contributed by atoms with E-state index >= 15 is 0 Å². The number of nitrogens with two attached hydrogens (primary N) is 1. The van der Waals surface area contributed by atoms with Gasteiger partial charge in [0, 0.05) is 14.1 Å². The lowest BCUT2D eigenvalue weighted by molar-refractivity contribution is 0.369. The molecule has 88 valence electrons. The van der Waals surface area contributed by atoms with Crippen LogP contribution in [0.2, 0.25) is 0 Å². The highest BCUT2D eigenvalue weighted by molar-refractivity contribution is 5.98. The van der Waals surface area contributed by atoms with Crippen LogP contribution in [0.15, 0.2) is 16.8 Å². The molecule has 4 heteroatoms. The molecule has 3 N–H and O–H groups in total. The first-order chi connectivity index (χ1) is 7.06. The zero-order valence-corrected chi connectivity index (χ0v) is 10.5. The Hall–Kier alpha value is -1.03. The van der Waals surface area contributed by atoms with E-state index < -0.39 is 0 Å². The van der Waals surface area contributed by atoms with E-state index in [9.17, 15) is 0 Å². The Labute approximate surface area is 93.2 Å². The van der Waals surface area contributed by atoms with Crippen molar-refractivity contribution >= 4 is 5.84 Å². The molecule has 0 aromatic rings. The molecular formula is C11H24N4. The molecule has 0 bridgehead atoms. The van der Waals surface area contributed by atoms with Gasteiger partial charge in [0.05, 0.1) is 0 Å². The fourth-order valence-electron chi connectivity index (χ4n) is 1.65. The van der Waals surface area contributed by atoms with Gasteiger partial charge < -0.3 is 5.32 Å². The first-order valence-corrected chi connectivity index (χ1v) is 5.48. The number of hydrogen-bond donors (Lipinski definition) is 2. The summed E-state index contributed by atoms with van der Waals surface area (Å²) in [6, 6.07) is 0. The molecule has 0 aliphatic carbocycles. The van der Waals surface area contributed by atoms with Crippen molar-refractivity contribution in [3.05, 3.63) is 11.6 Å². The summed E-state index contributed by atoms with van der Waals surface area (Å²) in [4.78, 5) is 0. The van der Waals surface area contributed by atoms with Crippen LogP contribution in [-0.2, 0) is 0 Å². The van der Waals surface area contributed by atoms with Gasteiger partial charge in [0.2, 0.25) is 0 Å². The van der Waals surface area contributed by atoms with Crippen molar-refractivity contribution in [1.29, 1.82) is 0 Å². The number of likely N-dealkylation sites (N-methyl/N-ethyl adjacent to an activating group) is 1. The molecule has 0 unspecified atom stereocenters. The zero-order valence-electron chi connectivity index (χ0n) is 10.5. The molecule has 1 atom stereocenters. The van der Waals surface area contributed by atoms with Crippen LogP contribution in [-0.4, -0.2) is 25.0 Å². The van der Waals surface area contributed by atoms with Gasteiger partial charge >= 0.3 is 0 Å². The average Bonchev–Trinajstić information content (AvgIpc) is 2.17. The van der Waals surface area contributed by atoms with E-state index in [0.29, 0.717) is 5.92 Å². The highest BCUT2D eigenvalue weighted by Gasteiger charge is 2.12. The van der Waals surface area contributed by atoms with Crippen molar-refractivity contribution in [2.45, 2.75) is 33.6 Å². The Kier molecular flexibility index (Phi) is 6.79. The average molecular weight is 212 g/mol. The second-order valence-corrected chi connectivity index (χ2v) is 3.71. The SMILES string of the molecule is C/C=C(/C(=N/N(C)N)NC)[C@@H](C)CCC. The number of amidine groups is 1. The second-order valence-electron chi connectivity index (χ2n) is 3.71. The summed E-state index contributed by atoms with van der Waals surface area (Å²) >= 11 is 0. The normalized spacial score (nSPS) is 15.1. The predicted molar refractivity (Wildman–Crippen MR) is 66.3 cm³/mol. The van der Waals surface area contributed by atoms with Crippen molar-refractivity contribution in [3.63, 3.8) is 0 Å². The van der Waals surface area contributed by atoms with Gasteiger partial charge in [-0.05, 0) is 24.8 Å². The maximum atomic E-state index is 5.51. The molecule has 0 aliphatic heterocycles. The van der Waals surface area contributed by atoms with Gasteiger partial charge in [-0.1, -0.05) is 26.3 Å². The fraction of sp³-hybridized carbons (Fsp3) is 0.727. The van der Waals surface area contributed by atoms with Crippen LogP contribution in [0.1, 0.15) is 33.6 Å². The fourth-order valence-corrected chi connectivity index (χ4v) is 1.65. The lowest BCUT2D eigenvalue weighted by Gasteiger charge is -2.18. The van der Waals surface area contributed by atoms with E-state index in [4.69, 9.17) is 5.84 Å². The minimum absolute atomic E-state index is 0.506. The Bertz CT molecular complexity index is 231. The molecule has 0 aromatic heterocycles. The van der Waals surface area contributed by atoms with Gasteiger partial charge in [0.25, 0.3) is 0 Å². The summed E-state index contributed by atoms with van der Waals surface area (Å²) in [5.74, 6) is 6.87. The van der Waals surface area contributed by atoms with Crippen molar-refractivity contribution in [2.24, 2.45) is 16.9 Å². The number of hydrazone groups is 1. The third-order valence-electron chi connectivity index (χ3n) is 2.33. The maximum Gasteiger partial charge on any atom is 0.150 e. The third kappa shape index (κ3) is 4.83. The number of hydrazine groups is 1. The highest BCUT2D eigenvalue weighted by Crippen LogP contribution is 2.17. The number of nitrogens with zero attached hydrogens (tertiary/aromatic N) is 2. The molecular weight excluding hydrogens is 188 g/mol. The van der Waals surface area contributed by atoms with Crippen LogP contribution in [0.25, 0.3) is 0 Å². The zero-order chi connectivity index (χ0) is 11.8. The molecule has 0 radical (unpaired) electrons. The highest BCUT2D eigenvalue weighted by atomic mass is 15.6. The van der Waals surface area contributed by atoms with E-state index in [-0.39, 0.29) is 0 Å². The minimum Gasteiger partial charge on any atom is -0.371 e. The molecule has 4 nitrogen and oxygen atoms in total. The van der Waals surface area contributed by atoms with Crippen LogP contribution >= 0.6 is 0 Å². The van der Waals surface area contributed by atoms with Crippen LogP contribution in [0.3, 0.4) is 0 Å². The Morgan fingerprint density at radius 2 is 2.20 bits per heavy atom. The van der Waals surface area contributed by atoms with Crippen molar-refractivity contribution in [1.82, 2.24) is 10.4 Å². The standard InChI is InChI=1S/C11H24N4/c1-6-8-9(3)10(7-2)11(13-4)14-15(5)12/h7,9H,6,8,12H2,1-5H3,(H,13,14)/b10-7+/t9-/m0/s1. The smallest absolute Gasteiger partial charge is 0.150 e. The second kappa shape index (κ2) is 7.29. The van der Waals surface area contributed by atoms with Gasteiger partial charge in [-0.3, -0.25) is 0 Å². The summed E-state index contributed by atoms with van der Waals surface area (Å²) < 4.78 is 0. The summed E-state index contributed by atoms with van der Waals surface area (Å²) in [5, 5.41) is 8.63. The van der Waals surface area contributed by atoms with Crippen LogP contribution in [0, 0.1) is 5.92 Å². The lowest BCUT2D eigenvalue weighted by Crippen LogP contribution is -2.30. The van der Waals surface area contributed by atoms with E-state index in [1.54, 1.807) is 7.05 Å². The number of hydrogen-bond acceptors (Lipinski definition) is 3. The minimum atomic E-state index is 0.506. The van der Waals surface area contributed by atoms with Crippen LogP contribution < -0.4 is 11.2 Å². The number of nitrogens with one attached hydrogen (secondary N) is 1. The third-order valence-corrected chi connectivity index (χ3v) is 2.33.